The smallest absolute Gasteiger partial charge is 0.0576 e. The molecule has 2 rings (SSSR count). The van der Waals surface area contributed by atoms with Gasteiger partial charge in [0.2, 0.25) is 0 Å². The maximum Gasteiger partial charge on any atom is 0.0576 e. The minimum atomic E-state index is 0.533. The second-order valence-corrected chi connectivity index (χ2v) is 5.38. The van der Waals surface area contributed by atoms with Gasteiger partial charge in [-0.05, 0) is 50.1 Å². The van der Waals surface area contributed by atoms with E-state index in [1.165, 1.54) is 51.6 Å². The molecule has 2 fully saturated rings. The molecule has 15 heavy (non-hydrogen) atoms. The Labute approximate surface area is 93.8 Å². The highest BCUT2D eigenvalue weighted by Crippen LogP contribution is 2.48. The maximum atomic E-state index is 5.59. The Bertz CT molecular complexity index is 203. The summed E-state index contributed by atoms with van der Waals surface area (Å²) in [6, 6.07) is 0. The molecule has 3 unspecified atom stereocenters. The highest BCUT2D eigenvalue weighted by molar-refractivity contribution is 4.95. The fourth-order valence-corrected chi connectivity index (χ4v) is 3.75. The van der Waals surface area contributed by atoms with Crippen LogP contribution in [-0.4, -0.2) is 26.3 Å². The van der Waals surface area contributed by atoms with E-state index < -0.39 is 0 Å². The first kappa shape index (κ1) is 11.4. The van der Waals surface area contributed by atoms with Crippen molar-refractivity contribution in [3.63, 3.8) is 0 Å². The van der Waals surface area contributed by atoms with Gasteiger partial charge in [-0.1, -0.05) is 19.8 Å². The van der Waals surface area contributed by atoms with Crippen molar-refractivity contribution in [1.29, 1.82) is 0 Å². The number of nitrogens with one attached hydrogen (secondary N) is 1. The molecular weight excluding hydrogens is 186 g/mol. The van der Waals surface area contributed by atoms with Crippen molar-refractivity contribution in [3.05, 3.63) is 0 Å². The second-order valence-electron chi connectivity index (χ2n) is 5.38. The molecule has 88 valence electrons. The van der Waals surface area contributed by atoms with Crippen LogP contribution in [0.4, 0.5) is 0 Å². The van der Waals surface area contributed by atoms with Gasteiger partial charge in [-0.3, -0.25) is 0 Å². The quantitative estimate of drug-likeness (QED) is 0.758. The monoisotopic (exact) mass is 211 g/mol. The van der Waals surface area contributed by atoms with Gasteiger partial charge in [-0.15, -0.1) is 0 Å². The Balaban J connectivity index is 2.07. The van der Waals surface area contributed by atoms with Crippen LogP contribution in [0.25, 0.3) is 0 Å². The summed E-state index contributed by atoms with van der Waals surface area (Å²) in [6.07, 6.45) is 8.62. The van der Waals surface area contributed by atoms with Gasteiger partial charge in [-0.25, -0.2) is 0 Å². The molecule has 1 aliphatic carbocycles. The largest absolute Gasteiger partial charge is 0.381 e. The van der Waals surface area contributed by atoms with Crippen molar-refractivity contribution in [2.75, 3.05) is 20.2 Å². The third-order valence-corrected chi connectivity index (χ3v) is 4.72. The second kappa shape index (κ2) is 4.84. The van der Waals surface area contributed by atoms with Crippen molar-refractivity contribution in [2.24, 2.45) is 11.3 Å². The molecule has 1 saturated carbocycles. The van der Waals surface area contributed by atoms with Gasteiger partial charge >= 0.3 is 0 Å². The molecule has 1 N–H and O–H groups in total. The van der Waals surface area contributed by atoms with Crippen LogP contribution in [0.3, 0.4) is 0 Å². The SMILES string of the molecule is CCC1CNCCC12CCCC(OC)C2. The zero-order valence-electron chi connectivity index (χ0n) is 10.2. The van der Waals surface area contributed by atoms with E-state index in [1.807, 2.05) is 7.11 Å². The van der Waals surface area contributed by atoms with Crippen molar-refractivity contribution >= 4 is 0 Å². The van der Waals surface area contributed by atoms with Gasteiger partial charge in [0.15, 0.2) is 0 Å². The zero-order chi connectivity index (χ0) is 10.7. The highest BCUT2D eigenvalue weighted by atomic mass is 16.5. The summed E-state index contributed by atoms with van der Waals surface area (Å²) < 4.78 is 5.59. The van der Waals surface area contributed by atoms with E-state index in [-0.39, 0.29) is 0 Å². The number of hydrogen-bond acceptors (Lipinski definition) is 2. The number of ether oxygens (including phenoxy) is 1. The molecule has 3 atom stereocenters. The van der Waals surface area contributed by atoms with Crippen molar-refractivity contribution < 1.29 is 4.74 Å². The summed E-state index contributed by atoms with van der Waals surface area (Å²) in [5.41, 5.74) is 0.610. The molecule has 2 heteroatoms. The predicted molar refractivity (Wildman–Crippen MR) is 63.0 cm³/mol. The molecule has 1 spiro atoms. The molecule has 2 aliphatic rings. The fraction of sp³-hybridized carbons (Fsp3) is 1.00. The Morgan fingerprint density at radius 1 is 1.40 bits per heavy atom. The zero-order valence-corrected chi connectivity index (χ0v) is 10.2. The summed E-state index contributed by atoms with van der Waals surface area (Å²) in [5.74, 6) is 0.879. The third-order valence-electron chi connectivity index (χ3n) is 4.72. The molecule has 0 aromatic rings. The summed E-state index contributed by atoms with van der Waals surface area (Å²) >= 11 is 0. The van der Waals surface area contributed by atoms with Crippen molar-refractivity contribution in [2.45, 2.75) is 51.6 Å². The van der Waals surface area contributed by atoms with Crippen molar-refractivity contribution in [1.82, 2.24) is 5.32 Å². The van der Waals surface area contributed by atoms with E-state index in [1.54, 1.807) is 0 Å². The minimum absolute atomic E-state index is 0.533. The van der Waals surface area contributed by atoms with Gasteiger partial charge in [0, 0.05) is 7.11 Å². The van der Waals surface area contributed by atoms with E-state index in [2.05, 4.69) is 12.2 Å². The molecule has 2 nitrogen and oxygen atoms in total. The molecule has 0 aromatic heterocycles. The number of hydrogen-bond donors (Lipinski definition) is 1. The normalized spacial score (nSPS) is 42.0. The molecule has 0 amide bonds. The first-order chi connectivity index (χ1) is 7.30. The van der Waals surface area contributed by atoms with Crippen molar-refractivity contribution in [3.8, 4) is 0 Å². The van der Waals surface area contributed by atoms with Gasteiger partial charge in [0.05, 0.1) is 6.10 Å². The average molecular weight is 211 g/mol. The summed E-state index contributed by atoms with van der Waals surface area (Å²) in [5, 5.41) is 3.55. The van der Waals surface area contributed by atoms with Crippen LogP contribution in [0.15, 0.2) is 0 Å². The first-order valence-corrected chi connectivity index (χ1v) is 6.54. The van der Waals surface area contributed by atoms with Gasteiger partial charge in [0.25, 0.3) is 0 Å². The summed E-state index contributed by atoms with van der Waals surface area (Å²) in [7, 11) is 1.88. The highest BCUT2D eigenvalue weighted by Gasteiger charge is 2.43. The maximum absolute atomic E-state index is 5.59. The van der Waals surface area contributed by atoms with Crippen LogP contribution < -0.4 is 5.32 Å². The van der Waals surface area contributed by atoms with Crippen LogP contribution in [-0.2, 0) is 4.74 Å². The standard InChI is InChI=1S/C13H25NO/c1-3-11-10-14-8-7-13(11)6-4-5-12(9-13)15-2/h11-12,14H,3-10H2,1-2H3. The van der Waals surface area contributed by atoms with Gasteiger partial charge in [0.1, 0.15) is 0 Å². The van der Waals surface area contributed by atoms with E-state index in [0.717, 1.165) is 5.92 Å². The number of piperidine rings is 1. The van der Waals surface area contributed by atoms with Gasteiger partial charge in [-0.2, -0.15) is 0 Å². The average Bonchev–Trinajstić information content (AvgIpc) is 2.30. The van der Waals surface area contributed by atoms with E-state index in [4.69, 9.17) is 4.74 Å². The van der Waals surface area contributed by atoms with Crippen LogP contribution in [0.2, 0.25) is 0 Å². The number of methoxy groups -OCH3 is 1. The summed E-state index contributed by atoms with van der Waals surface area (Å²) in [6.45, 7) is 4.79. The lowest BCUT2D eigenvalue weighted by Crippen LogP contribution is -2.48. The lowest BCUT2D eigenvalue weighted by molar-refractivity contribution is -0.0317. The molecule has 1 aliphatic heterocycles. The Kier molecular flexibility index (Phi) is 3.68. The lowest BCUT2D eigenvalue weighted by atomic mass is 9.61. The predicted octanol–water partition coefficient (Wildman–Crippen LogP) is 2.58. The first-order valence-electron chi connectivity index (χ1n) is 6.54. The summed E-state index contributed by atoms with van der Waals surface area (Å²) in [4.78, 5) is 0. The topological polar surface area (TPSA) is 21.3 Å². The van der Waals surface area contributed by atoms with E-state index >= 15 is 0 Å². The Hall–Kier alpha value is -0.0800. The molecule has 1 heterocycles. The minimum Gasteiger partial charge on any atom is -0.381 e. The molecule has 0 aromatic carbocycles. The molecular formula is C13H25NO. The molecule has 0 radical (unpaired) electrons. The van der Waals surface area contributed by atoms with Gasteiger partial charge < -0.3 is 10.1 Å². The van der Waals surface area contributed by atoms with Crippen LogP contribution in [0, 0.1) is 11.3 Å². The molecule has 1 saturated heterocycles. The lowest BCUT2D eigenvalue weighted by Gasteiger charge is -2.49. The Morgan fingerprint density at radius 2 is 2.27 bits per heavy atom. The number of rotatable bonds is 2. The fourth-order valence-electron chi connectivity index (χ4n) is 3.75. The Morgan fingerprint density at radius 3 is 3.00 bits per heavy atom. The molecule has 0 bridgehead atoms. The van der Waals surface area contributed by atoms with Crippen LogP contribution in [0.1, 0.15) is 45.4 Å². The van der Waals surface area contributed by atoms with E-state index in [0.29, 0.717) is 11.5 Å². The van der Waals surface area contributed by atoms with Crippen LogP contribution in [0.5, 0.6) is 0 Å². The van der Waals surface area contributed by atoms with E-state index in [9.17, 15) is 0 Å². The van der Waals surface area contributed by atoms with Crippen LogP contribution >= 0.6 is 0 Å². The third kappa shape index (κ3) is 2.21.